The van der Waals surface area contributed by atoms with Gasteiger partial charge in [0.05, 0.1) is 5.52 Å². The number of nitrogens with one attached hydrogen (secondary N) is 1. The van der Waals surface area contributed by atoms with Gasteiger partial charge in [-0.15, -0.1) is 0 Å². The van der Waals surface area contributed by atoms with Gasteiger partial charge in [0.2, 0.25) is 5.91 Å². The highest BCUT2D eigenvalue weighted by molar-refractivity contribution is 6.29. The molecule has 1 N–H and O–H groups in total. The number of rotatable bonds is 2. The van der Waals surface area contributed by atoms with Crippen molar-refractivity contribution in [2.45, 2.75) is 12.3 Å². The minimum absolute atomic E-state index is 0.0154. The van der Waals surface area contributed by atoms with Gasteiger partial charge in [0.25, 0.3) is 5.56 Å². The smallest absolute Gasteiger partial charge is 0.277 e. The maximum atomic E-state index is 12.1. The number of carbonyl (C=O) groups excluding carboxylic acids is 1. The van der Waals surface area contributed by atoms with Gasteiger partial charge in [-0.3, -0.25) is 9.59 Å². The van der Waals surface area contributed by atoms with Crippen LogP contribution in [0.15, 0.2) is 29.6 Å². The summed E-state index contributed by atoms with van der Waals surface area (Å²) in [6.07, 6.45) is 2.06. The third kappa shape index (κ3) is 2.54. The summed E-state index contributed by atoms with van der Waals surface area (Å²) in [6.45, 7) is 4.64. The number of halogens is 1. The largest absolute Gasteiger partial charge is 0.338 e. The van der Waals surface area contributed by atoms with Crippen LogP contribution in [0.4, 0.5) is 0 Å². The number of carbonyl (C=O) groups is 1. The molecule has 0 spiro atoms. The first kappa shape index (κ1) is 13.8. The number of fused-ring (bicyclic) bond motifs is 1. The topological polar surface area (TPSA) is 79.0 Å². The predicted octanol–water partition coefficient (Wildman–Crippen LogP) is 1.47. The van der Waals surface area contributed by atoms with E-state index >= 15 is 0 Å². The molecule has 1 aliphatic rings. The Labute approximate surface area is 125 Å². The second-order valence-corrected chi connectivity index (χ2v) is 5.31. The van der Waals surface area contributed by atoms with Crippen molar-refractivity contribution in [2.24, 2.45) is 0 Å². The lowest BCUT2D eigenvalue weighted by molar-refractivity contribution is -0.125. The molecule has 7 heteroatoms. The molecular formula is C14H13ClN4O2. The van der Waals surface area contributed by atoms with Crippen molar-refractivity contribution in [3.05, 3.63) is 46.1 Å². The van der Waals surface area contributed by atoms with Gasteiger partial charge in [0, 0.05) is 19.0 Å². The van der Waals surface area contributed by atoms with Gasteiger partial charge < -0.3 is 9.88 Å². The number of aromatic nitrogens is 3. The van der Waals surface area contributed by atoms with Crippen LogP contribution in [0, 0.1) is 0 Å². The van der Waals surface area contributed by atoms with Crippen LogP contribution in [0.25, 0.3) is 11.0 Å². The van der Waals surface area contributed by atoms with Crippen molar-refractivity contribution in [1.82, 2.24) is 19.9 Å². The predicted molar refractivity (Wildman–Crippen MR) is 79.3 cm³/mol. The van der Waals surface area contributed by atoms with Crippen molar-refractivity contribution in [3.8, 4) is 0 Å². The van der Waals surface area contributed by atoms with Crippen LogP contribution in [0.2, 0.25) is 5.15 Å². The third-order valence-electron chi connectivity index (χ3n) is 3.60. The Morgan fingerprint density at radius 3 is 3.05 bits per heavy atom. The molecular weight excluding hydrogens is 292 g/mol. The highest BCUT2D eigenvalue weighted by atomic mass is 35.5. The first-order valence-corrected chi connectivity index (χ1v) is 6.94. The van der Waals surface area contributed by atoms with Crippen LogP contribution in [-0.2, 0) is 4.79 Å². The van der Waals surface area contributed by atoms with Crippen molar-refractivity contribution in [3.63, 3.8) is 0 Å². The van der Waals surface area contributed by atoms with Crippen LogP contribution in [0.3, 0.4) is 0 Å². The fraction of sp³-hybridized carbons (Fsp3) is 0.286. The van der Waals surface area contributed by atoms with E-state index in [2.05, 4.69) is 21.5 Å². The normalized spacial score (nSPS) is 18.1. The zero-order valence-electron chi connectivity index (χ0n) is 11.2. The number of hydrogen-bond acceptors (Lipinski definition) is 4. The lowest BCUT2D eigenvalue weighted by atomic mass is 10.1. The Balaban J connectivity index is 1.95. The molecule has 1 atom stereocenters. The standard InChI is InChI=1S/C14H13ClN4O2/c1-2-11(20)19-6-5-8(7-19)13-16-9-3-4-10(15)17-12(9)14(21)18-13/h2-4,8H,1,5-7H2,(H,16,18,21). The molecule has 6 nitrogen and oxygen atoms in total. The minimum Gasteiger partial charge on any atom is -0.338 e. The fourth-order valence-corrected chi connectivity index (χ4v) is 2.67. The van der Waals surface area contributed by atoms with E-state index < -0.39 is 0 Å². The van der Waals surface area contributed by atoms with E-state index in [1.54, 1.807) is 17.0 Å². The number of hydrogen-bond donors (Lipinski definition) is 1. The number of likely N-dealkylation sites (tertiary alicyclic amines) is 1. The van der Waals surface area contributed by atoms with E-state index in [0.29, 0.717) is 24.4 Å². The van der Waals surface area contributed by atoms with Crippen molar-refractivity contribution < 1.29 is 4.79 Å². The summed E-state index contributed by atoms with van der Waals surface area (Å²) in [6, 6.07) is 3.27. The van der Waals surface area contributed by atoms with Crippen LogP contribution >= 0.6 is 11.6 Å². The fourth-order valence-electron chi connectivity index (χ4n) is 2.52. The molecule has 0 aromatic carbocycles. The molecule has 0 bridgehead atoms. The van der Waals surface area contributed by atoms with Crippen LogP contribution in [0.1, 0.15) is 18.2 Å². The molecule has 1 unspecified atom stereocenters. The summed E-state index contributed by atoms with van der Waals surface area (Å²) in [5, 5.41) is 0.256. The molecule has 1 fully saturated rings. The molecule has 3 rings (SSSR count). The van der Waals surface area contributed by atoms with Gasteiger partial charge in [-0.25, -0.2) is 9.97 Å². The number of H-pyrrole nitrogens is 1. The zero-order valence-corrected chi connectivity index (χ0v) is 11.9. The van der Waals surface area contributed by atoms with Gasteiger partial charge in [-0.2, -0.15) is 0 Å². The highest BCUT2D eigenvalue weighted by Crippen LogP contribution is 2.25. The monoisotopic (exact) mass is 304 g/mol. The first-order valence-electron chi connectivity index (χ1n) is 6.56. The van der Waals surface area contributed by atoms with Gasteiger partial charge >= 0.3 is 0 Å². The third-order valence-corrected chi connectivity index (χ3v) is 3.81. The Kier molecular flexibility index (Phi) is 3.47. The lowest BCUT2D eigenvalue weighted by Crippen LogP contribution is -2.27. The minimum atomic E-state index is -0.314. The van der Waals surface area contributed by atoms with E-state index in [1.165, 1.54) is 6.08 Å². The molecule has 1 aliphatic heterocycles. The molecule has 2 aromatic rings. The summed E-state index contributed by atoms with van der Waals surface area (Å²) >= 11 is 5.78. The molecule has 1 saturated heterocycles. The summed E-state index contributed by atoms with van der Waals surface area (Å²) in [5.41, 5.74) is 0.418. The van der Waals surface area contributed by atoms with Gasteiger partial charge in [-0.05, 0) is 24.6 Å². The number of amides is 1. The van der Waals surface area contributed by atoms with Crippen LogP contribution < -0.4 is 5.56 Å². The average Bonchev–Trinajstić information content (AvgIpc) is 2.97. The Morgan fingerprint density at radius 2 is 2.29 bits per heavy atom. The number of nitrogens with zero attached hydrogens (tertiary/aromatic N) is 3. The number of aromatic amines is 1. The molecule has 108 valence electrons. The second kappa shape index (κ2) is 5.29. The Bertz CT molecular complexity index is 786. The van der Waals surface area contributed by atoms with E-state index in [9.17, 15) is 9.59 Å². The van der Waals surface area contributed by atoms with E-state index in [1.807, 2.05) is 0 Å². The molecule has 0 aliphatic carbocycles. The Morgan fingerprint density at radius 1 is 1.48 bits per heavy atom. The Hall–Kier alpha value is -2.21. The molecule has 3 heterocycles. The summed E-state index contributed by atoms with van der Waals surface area (Å²) in [4.78, 5) is 36.5. The average molecular weight is 305 g/mol. The molecule has 0 saturated carbocycles. The molecule has 0 radical (unpaired) electrons. The van der Waals surface area contributed by atoms with Gasteiger partial charge in [0.15, 0.2) is 5.52 Å². The van der Waals surface area contributed by atoms with Gasteiger partial charge in [0.1, 0.15) is 11.0 Å². The van der Waals surface area contributed by atoms with Crippen molar-refractivity contribution in [1.29, 1.82) is 0 Å². The van der Waals surface area contributed by atoms with E-state index in [4.69, 9.17) is 11.6 Å². The molecule has 1 amide bonds. The number of pyridine rings is 1. The second-order valence-electron chi connectivity index (χ2n) is 4.93. The maximum Gasteiger partial charge on any atom is 0.277 e. The zero-order chi connectivity index (χ0) is 15.0. The lowest BCUT2D eigenvalue weighted by Gasteiger charge is -2.13. The van der Waals surface area contributed by atoms with Gasteiger partial charge in [-0.1, -0.05) is 18.2 Å². The SMILES string of the molecule is C=CC(=O)N1CCC(c2nc3ccc(Cl)nc3c(=O)[nH]2)C1. The van der Waals surface area contributed by atoms with Crippen molar-refractivity contribution in [2.75, 3.05) is 13.1 Å². The van der Waals surface area contributed by atoms with Crippen molar-refractivity contribution >= 4 is 28.5 Å². The first-order chi connectivity index (χ1) is 10.1. The summed E-state index contributed by atoms with van der Waals surface area (Å²) in [7, 11) is 0. The van der Waals surface area contributed by atoms with Crippen LogP contribution in [-0.4, -0.2) is 38.8 Å². The maximum absolute atomic E-state index is 12.1. The van der Waals surface area contributed by atoms with E-state index in [-0.39, 0.29) is 28.1 Å². The quantitative estimate of drug-likeness (QED) is 0.673. The molecule has 2 aromatic heterocycles. The highest BCUT2D eigenvalue weighted by Gasteiger charge is 2.28. The summed E-state index contributed by atoms with van der Waals surface area (Å²) < 4.78 is 0. The summed E-state index contributed by atoms with van der Waals surface area (Å²) in [5.74, 6) is 0.492. The van der Waals surface area contributed by atoms with Crippen LogP contribution in [0.5, 0.6) is 0 Å². The molecule has 21 heavy (non-hydrogen) atoms. The van der Waals surface area contributed by atoms with E-state index in [0.717, 1.165) is 6.42 Å².